The zero-order valence-corrected chi connectivity index (χ0v) is 23.4. The van der Waals surface area contributed by atoms with Gasteiger partial charge in [0.2, 0.25) is 11.8 Å². The van der Waals surface area contributed by atoms with Gasteiger partial charge in [-0.25, -0.2) is 4.39 Å². The second-order valence-corrected chi connectivity index (χ2v) is 12.0. The van der Waals surface area contributed by atoms with Crippen molar-refractivity contribution in [1.29, 1.82) is 0 Å². The van der Waals surface area contributed by atoms with Gasteiger partial charge in [0.15, 0.2) is 11.5 Å². The molecule has 5 amide bonds. The molecule has 13 nitrogen and oxygen atoms in total. The summed E-state index contributed by atoms with van der Waals surface area (Å²) in [5.41, 5.74) is 5.74. The van der Waals surface area contributed by atoms with Crippen molar-refractivity contribution in [3.05, 3.63) is 46.9 Å². The number of imide groups is 2. The third-order valence-electron chi connectivity index (χ3n) is 9.41. The fraction of sp³-hybridized carbons (Fsp3) is 0.483. The molecule has 2 bridgehead atoms. The minimum atomic E-state index is -1.09. The van der Waals surface area contributed by atoms with Crippen LogP contribution in [0, 0.1) is 11.7 Å². The molecule has 5 saturated heterocycles. The Morgan fingerprint density at radius 3 is 2.30 bits per heavy atom. The summed E-state index contributed by atoms with van der Waals surface area (Å²) < 4.78 is 15.4. The van der Waals surface area contributed by atoms with Gasteiger partial charge < -0.3 is 15.5 Å². The van der Waals surface area contributed by atoms with Crippen molar-refractivity contribution in [3.63, 3.8) is 0 Å². The molecule has 8 rings (SSSR count). The number of amides is 5. The van der Waals surface area contributed by atoms with Crippen LogP contribution in [0.2, 0.25) is 0 Å². The minimum Gasteiger partial charge on any atom is -0.364 e. The molecule has 1 aromatic carbocycles. The maximum Gasteiger partial charge on any atom is 0.269 e. The van der Waals surface area contributed by atoms with E-state index in [1.165, 1.54) is 6.07 Å². The van der Waals surface area contributed by atoms with Crippen LogP contribution in [0.25, 0.3) is 0 Å². The first-order valence-electron chi connectivity index (χ1n) is 14.6. The van der Waals surface area contributed by atoms with Gasteiger partial charge in [-0.15, -0.1) is 10.2 Å². The van der Waals surface area contributed by atoms with E-state index in [0.717, 1.165) is 68.8 Å². The standard InChI is InChI=1S/C29H31FN8O5/c30-20-10-18-19(29(43)38(28(18)42)22-2-4-25(39)32-27(22)41)11-23(20)37-16-9-17(37)14-35(13-16)12-15-5-7-36(8-6-15)24-3-1-21(26(31)40)33-34-24/h1,3,10-11,15-17,22H,2,4-9,12-14H2,(H2,31,40)(H,32,39,41). The lowest BCUT2D eigenvalue weighted by Gasteiger charge is -2.58. The number of fused-ring (bicyclic) bond motifs is 3. The van der Waals surface area contributed by atoms with Gasteiger partial charge >= 0.3 is 0 Å². The van der Waals surface area contributed by atoms with Crippen molar-refractivity contribution < 1.29 is 28.4 Å². The van der Waals surface area contributed by atoms with Gasteiger partial charge in [-0.3, -0.25) is 39.1 Å². The molecular weight excluding hydrogens is 559 g/mol. The predicted octanol–water partition coefficient (Wildman–Crippen LogP) is 0.295. The fourth-order valence-corrected chi connectivity index (χ4v) is 7.25. The van der Waals surface area contributed by atoms with Gasteiger partial charge in [-0.2, -0.15) is 0 Å². The smallest absolute Gasteiger partial charge is 0.269 e. The molecule has 224 valence electrons. The topological polar surface area (TPSA) is 162 Å². The van der Waals surface area contributed by atoms with Crippen LogP contribution in [-0.4, -0.2) is 100 Å². The van der Waals surface area contributed by atoms with Crippen molar-refractivity contribution in [1.82, 2.24) is 25.3 Å². The zero-order valence-electron chi connectivity index (χ0n) is 23.4. The number of primary amides is 1. The number of nitrogens with one attached hydrogen (secondary N) is 1. The molecule has 0 saturated carbocycles. The normalized spacial score (nSPS) is 26.0. The Bertz CT molecular complexity index is 1530. The largest absolute Gasteiger partial charge is 0.364 e. The Labute approximate surface area is 246 Å². The molecule has 3 N–H and O–H groups in total. The van der Waals surface area contributed by atoms with E-state index in [0.29, 0.717) is 11.6 Å². The van der Waals surface area contributed by atoms with Gasteiger partial charge in [0.25, 0.3) is 17.7 Å². The van der Waals surface area contributed by atoms with Gasteiger partial charge in [0, 0.05) is 51.2 Å². The quantitative estimate of drug-likeness (QED) is 0.448. The number of nitrogens with two attached hydrogens (primary N) is 1. The molecule has 14 heteroatoms. The van der Waals surface area contributed by atoms with Gasteiger partial charge in [0.05, 0.1) is 16.8 Å². The van der Waals surface area contributed by atoms with Crippen LogP contribution in [0.3, 0.4) is 0 Å². The van der Waals surface area contributed by atoms with E-state index in [1.807, 2.05) is 4.90 Å². The lowest BCUT2D eigenvalue weighted by atomic mass is 9.85. The Morgan fingerprint density at radius 1 is 0.977 bits per heavy atom. The maximum atomic E-state index is 15.4. The Hall–Kier alpha value is -4.46. The number of piperidine rings is 3. The number of nitrogens with zero attached hydrogens (tertiary/aromatic N) is 6. The molecule has 1 aromatic heterocycles. The summed E-state index contributed by atoms with van der Waals surface area (Å²) in [6.45, 7) is 4.18. The van der Waals surface area contributed by atoms with Crippen LogP contribution in [-0.2, 0) is 9.59 Å². The second kappa shape index (κ2) is 10.4. The summed E-state index contributed by atoms with van der Waals surface area (Å²) >= 11 is 0. The molecule has 5 fully saturated rings. The van der Waals surface area contributed by atoms with E-state index < -0.39 is 41.4 Å². The third kappa shape index (κ3) is 4.69. The second-order valence-electron chi connectivity index (χ2n) is 12.0. The maximum absolute atomic E-state index is 15.4. The molecule has 7 heterocycles. The van der Waals surface area contributed by atoms with E-state index in [1.54, 1.807) is 12.1 Å². The van der Waals surface area contributed by atoms with E-state index in [2.05, 4.69) is 25.3 Å². The molecule has 0 spiro atoms. The molecule has 0 radical (unpaired) electrons. The average Bonchev–Trinajstić information content (AvgIpc) is 3.22. The van der Waals surface area contributed by atoms with E-state index in [4.69, 9.17) is 5.73 Å². The first-order chi connectivity index (χ1) is 20.7. The predicted molar refractivity (Wildman–Crippen MR) is 150 cm³/mol. The number of carbonyl (C=O) groups is 5. The van der Waals surface area contributed by atoms with Crippen LogP contribution in [0.1, 0.15) is 63.3 Å². The van der Waals surface area contributed by atoms with Crippen molar-refractivity contribution in [2.45, 2.75) is 50.2 Å². The summed E-state index contributed by atoms with van der Waals surface area (Å²) in [6, 6.07) is 5.05. The molecule has 6 aliphatic heterocycles. The minimum absolute atomic E-state index is 0.0249. The lowest BCUT2D eigenvalue weighted by Crippen LogP contribution is -2.69. The molecule has 6 aliphatic rings. The SMILES string of the molecule is NC(=O)c1ccc(N2CCC(CN3CC4CC(C3)N4c3cc4c(cc3F)C(=O)N(C3CCC(=O)NC3=O)C4=O)CC2)nn1. The Morgan fingerprint density at radius 2 is 1.67 bits per heavy atom. The van der Waals surface area contributed by atoms with Crippen molar-refractivity contribution in [2.24, 2.45) is 11.7 Å². The third-order valence-corrected chi connectivity index (χ3v) is 9.41. The molecule has 0 aliphatic carbocycles. The fourth-order valence-electron chi connectivity index (χ4n) is 7.25. The first kappa shape index (κ1) is 27.4. The zero-order chi connectivity index (χ0) is 30.0. The molecule has 3 unspecified atom stereocenters. The summed E-state index contributed by atoms with van der Waals surface area (Å²) in [6.07, 6.45) is 2.99. The number of piperazine rings is 1. The first-order valence-corrected chi connectivity index (χ1v) is 14.6. The van der Waals surface area contributed by atoms with E-state index in [-0.39, 0.29) is 41.7 Å². The molecule has 2 aromatic rings. The highest BCUT2D eigenvalue weighted by Gasteiger charge is 2.49. The highest BCUT2D eigenvalue weighted by Crippen LogP contribution is 2.41. The number of hydrogen-bond acceptors (Lipinski definition) is 10. The van der Waals surface area contributed by atoms with Crippen molar-refractivity contribution >= 4 is 41.0 Å². The summed E-state index contributed by atoms with van der Waals surface area (Å²) in [4.78, 5) is 68.9. The Kier molecular flexibility index (Phi) is 6.60. The number of hydrogen-bond donors (Lipinski definition) is 2. The molecule has 43 heavy (non-hydrogen) atoms. The number of rotatable bonds is 6. The number of anilines is 2. The highest BCUT2D eigenvalue weighted by molar-refractivity contribution is 6.23. The number of benzene rings is 1. The molecular formula is C29H31FN8O5. The number of carbonyl (C=O) groups excluding carboxylic acids is 5. The summed E-state index contributed by atoms with van der Waals surface area (Å²) in [7, 11) is 0. The van der Waals surface area contributed by atoms with E-state index in [9.17, 15) is 24.0 Å². The van der Waals surface area contributed by atoms with Crippen LogP contribution in [0.15, 0.2) is 24.3 Å². The van der Waals surface area contributed by atoms with Crippen molar-refractivity contribution in [3.8, 4) is 0 Å². The van der Waals surface area contributed by atoms with Gasteiger partial charge in [-0.1, -0.05) is 0 Å². The van der Waals surface area contributed by atoms with Crippen LogP contribution in [0.5, 0.6) is 0 Å². The average molecular weight is 591 g/mol. The highest BCUT2D eigenvalue weighted by atomic mass is 19.1. The number of aromatic nitrogens is 2. The molecule has 3 atom stereocenters. The summed E-state index contributed by atoms with van der Waals surface area (Å²) in [5, 5.41) is 10.2. The van der Waals surface area contributed by atoms with Crippen molar-refractivity contribution in [2.75, 3.05) is 42.5 Å². The number of halogens is 1. The van der Waals surface area contributed by atoms with Crippen LogP contribution >= 0.6 is 0 Å². The lowest BCUT2D eigenvalue weighted by molar-refractivity contribution is -0.136. The van der Waals surface area contributed by atoms with Gasteiger partial charge in [0.1, 0.15) is 11.9 Å². The van der Waals surface area contributed by atoms with Crippen LogP contribution in [0.4, 0.5) is 15.9 Å². The monoisotopic (exact) mass is 590 g/mol. The summed E-state index contributed by atoms with van der Waals surface area (Å²) in [5.74, 6) is -2.41. The van der Waals surface area contributed by atoms with E-state index >= 15 is 4.39 Å². The van der Waals surface area contributed by atoms with Crippen LogP contribution < -0.4 is 20.9 Å². The van der Waals surface area contributed by atoms with Gasteiger partial charge in [-0.05, 0) is 55.9 Å². The Balaban J connectivity index is 0.974.